The molecule has 0 bridgehead atoms. The molecule has 1 aromatic rings. The topological polar surface area (TPSA) is 66.0 Å². The first kappa shape index (κ1) is 11.8. The van der Waals surface area contributed by atoms with Crippen LogP contribution in [0, 0.1) is 5.41 Å². The first-order valence-electron chi connectivity index (χ1n) is 5.14. The van der Waals surface area contributed by atoms with Gasteiger partial charge in [0.1, 0.15) is 5.82 Å². The van der Waals surface area contributed by atoms with Crippen LogP contribution in [0.3, 0.4) is 0 Å². The first-order valence-corrected chi connectivity index (χ1v) is 5.14. The van der Waals surface area contributed by atoms with E-state index in [9.17, 15) is 9.90 Å². The van der Waals surface area contributed by atoms with Crippen LogP contribution in [0.1, 0.15) is 39.1 Å². The SMILES string of the molecule is CCc1c(O)nc(CC(C)(C)C)[nH]c1=O. The summed E-state index contributed by atoms with van der Waals surface area (Å²) in [6.07, 6.45) is 1.13. The van der Waals surface area contributed by atoms with Crippen LogP contribution in [0.25, 0.3) is 0 Å². The van der Waals surface area contributed by atoms with E-state index in [-0.39, 0.29) is 16.9 Å². The van der Waals surface area contributed by atoms with E-state index in [4.69, 9.17) is 0 Å². The number of nitrogens with one attached hydrogen (secondary N) is 1. The van der Waals surface area contributed by atoms with Gasteiger partial charge in [0.25, 0.3) is 5.56 Å². The number of aromatic nitrogens is 2. The molecule has 1 aromatic heterocycles. The molecule has 0 saturated heterocycles. The maximum atomic E-state index is 11.5. The molecule has 0 spiro atoms. The second kappa shape index (κ2) is 4.04. The summed E-state index contributed by atoms with van der Waals surface area (Å²) in [6.45, 7) is 7.97. The summed E-state index contributed by atoms with van der Waals surface area (Å²) in [7, 11) is 0. The monoisotopic (exact) mass is 210 g/mol. The van der Waals surface area contributed by atoms with Crippen molar-refractivity contribution in [3.05, 3.63) is 21.7 Å². The van der Waals surface area contributed by atoms with Crippen molar-refractivity contribution in [2.24, 2.45) is 5.41 Å². The highest BCUT2D eigenvalue weighted by Crippen LogP contribution is 2.19. The van der Waals surface area contributed by atoms with Gasteiger partial charge in [-0.2, -0.15) is 0 Å². The van der Waals surface area contributed by atoms with E-state index in [0.29, 0.717) is 24.2 Å². The molecular weight excluding hydrogens is 192 g/mol. The quantitative estimate of drug-likeness (QED) is 0.779. The van der Waals surface area contributed by atoms with Crippen LogP contribution in [0.5, 0.6) is 5.88 Å². The minimum absolute atomic E-state index is 0.0378. The predicted octanol–water partition coefficient (Wildman–Crippen LogP) is 1.63. The summed E-state index contributed by atoms with van der Waals surface area (Å²) in [6, 6.07) is 0. The highest BCUT2D eigenvalue weighted by atomic mass is 16.3. The van der Waals surface area contributed by atoms with Crippen LogP contribution < -0.4 is 5.56 Å². The molecule has 4 heteroatoms. The van der Waals surface area contributed by atoms with Crippen molar-refractivity contribution in [2.75, 3.05) is 0 Å². The van der Waals surface area contributed by atoms with Gasteiger partial charge in [0.2, 0.25) is 5.88 Å². The average molecular weight is 210 g/mol. The standard InChI is InChI=1S/C11H18N2O2/c1-5-7-9(14)12-8(13-10(7)15)6-11(2,3)4/h5-6H2,1-4H3,(H2,12,13,14,15). The molecule has 0 amide bonds. The van der Waals surface area contributed by atoms with E-state index in [1.165, 1.54) is 0 Å². The van der Waals surface area contributed by atoms with E-state index < -0.39 is 0 Å². The fourth-order valence-electron chi connectivity index (χ4n) is 1.44. The molecular formula is C11H18N2O2. The first-order chi connectivity index (χ1) is 6.83. The van der Waals surface area contributed by atoms with Gasteiger partial charge in [0.15, 0.2) is 0 Å². The van der Waals surface area contributed by atoms with Crippen molar-refractivity contribution in [3.63, 3.8) is 0 Å². The minimum Gasteiger partial charge on any atom is -0.493 e. The third-order valence-corrected chi connectivity index (χ3v) is 2.09. The molecule has 0 aliphatic heterocycles. The van der Waals surface area contributed by atoms with E-state index in [2.05, 4.69) is 30.7 Å². The molecule has 0 atom stereocenters. The number of rotatable bonds is 2. The van der Waals surface area contributed by atoms with Gasteiger partial charge in [0, 0.05) is 6.42 Å². The largest absolute Gasteiger partial charge is 0.493 e. The van der Waals surface area contributed by atoms with Crippen LogP contribution in [0.4, 0.5) is 0 Å². The second-order valence-corrected chi connectivity index (χ2v) is 4.91. The van der Waals surface area contributed by atoms with Gasteiger partial charge >= 0.3 is 0 Å². The van der Waals surface area contributed by atoms with E-state index in [1.54, 1.807) is 0 Å². The smallest absolute Gasteiger partial charge is 0.257 e. The summed E-state index contributed by atoms with van der Waals surface area (Å²) >= 11 is 0. The highest BCUT2D eigenvalue weighted by molar-refractivity contribution is 5.22. The Morgan fingerprint density at radius 2 is 2.00 bits per heavy atom. The molecule has 1 rings (SSSR count). The number of H-pyrrole nitrogens is 1. The molecule has 0 aliphatic rings. The lowest BCUT2D eigenvalue weighted by molar-refractivity contribution is 0.389. The van der Waals surface area contributed by atoms with Crippen molar-refractivity contribution >= 4 is 0 Å². The Balaban J connectivity index is 3.10. The molecule has 0 radical (unpaired) electrons. The second-order valence-electron chi connectivity index (χ2n) is 4.91. The van der Waals surface area contributed by atoms with Gasteiger partial charge in [0.05, 0.1) is 5.56 Å². The maximum Gasteiger partial charge on any atom is 0.257 e. The molecule has 0 fully saturated rings. The van der Waals surface area contributed by atoms with E-state index in [1.807, 2.05) is 6.92 Å². The van der Waals surface area contributed by atoms with Crippen LogP contribution >= 0.6 is 0 Å². The van der Waals surface area contributed by atoms with Gasteiger partial charge in [-0.3, -0.25) is 4.79 Å². The van der Waals surface area contributed by atoms with Gasteiger partial charge in [-0.15, -0.1) is 0 Å². The molecule has 1 heterocycles. The Morgan fingerprint density at radius 3 is 2.40 bits per heavy atom. The third-order valence-electron chi connectivity index (χ3n) is 2.09. The zero-order valence-electron chi connectivity index (χ0n) is 9.72. The predicted molar refractivity (Wildman–Crippen MR) is 59.1 cm³/mol. The van der Waals surface area contributed by atoms with Crippen molar-refractivity contribution in [1.29, 1.82) is 0 Å². The fraction of sp³-hybridized carbons (Fsp3) is 0.636. The van der Waals surface area contributed by atoms with Crippen molar-refractivity contribution in [2.45, 2.75) is 40.5 Å². The zero-order valence-corrected chi connectivity index (χ0v) is 9.72. The Kier molecular flexibility index (Phi) is 3.17. The Labute approximate surface area is 89.4 Å². The lowest BCUT2D eigenvalue weighted by atomic mass is 9.92. The van der Waals surface area contributed by atoms with Crippen LogP contribution in [-0.4, -0.2) is 15.1 Å². The minimum atomic E-state index is -0.232. The normalized spacial score (nSPS) is 11.7. The molecule has 84 valence electrons. The van der Waals surface area contributed by atoms with Gasteiger partial charge in [-0.1, -0.05) is 27.7 Å². The van der Waals surface area contributed by atoms with Gasteiger partial charge in [-0.25, -0.2) is 4.98 Å². The van der Waals surface area contributed by atoms with Crippen LogP contribution in [0.15, 0.2) is 4.79 Å². The molecule has 2 N–H and O–H groups in total. The van der Waals surface area contributed by atoms with Crippen LogP contribution in [0.2, 0.25) is 0 Å². The summed E-state index contributed by atoms with van der Waals surface area (Å²) in [5, 5.41) is 9.54. The number of nitrogens with zero attached hydrogens (tertiary/aromatic N) is 1. The van der Waals surface area contributed by atoms with Gasteiger partial charge < -0.3 is 10.1 Å². The van der Waals surface area contributed by atoms with E-state index >= 15 is 0 Å². The van der Waals surface area contributed by atoms with Crippen molar-refractivity contribution in [3.8, 4) is 5.88 Å². The van der Waals surface area contributed by atoms with Crippen molar-refractivity contribution in [1.82, 2.24) is 9.97 Å². The third kappa shape index (κ3) is 3.08. The van der Waals surface area contributed by atoms with Crippen molar-refractivity contribution < 1.29 is 5.11 Å². The Morgan fingerprint density at radius 1 is 1.40 bits per heavy atom. The highest BCUT2D eigenvalue weighted by Gasteiger charge is 2.15. The maximum absolute atomic E-state index is 11.5. The van der Waals surface area contributed by atoms with Crippen LogP contribution in [-0.2, 0) is 12.8 Å². The lowest BCUT2D eigenvalue weighted by Crippen LogP contribution is -2.20. The number of aromatic hydroxyl groups is 1. The van der Waals surface area contributed by atoms with E-state index in [0.717, 1.165) is 0 Å². The lowest BCUT2D eigenvalue weighted by Gasteiger charge is -2.17. The zero-order chi connectivity index (χ0) is 11.6. The molecule has 4 nitrogen and oxygen atoms in total. The number of hydrogen-bond donors (Lipinski definition) is 2. The fourth-order valence-corrected chi connectivity index (χ4v) is 1.44. The molecule has 15 heavy (non-hydrogen) atoms. The summed E-state index contributed by atoms with van der Waals surface area (Å²) < 4.78 is 0. The Hall–Kier alpha value is -1.32. The summed E-state index contributed by atoms with van der Waals surface area (Å²) in [5.74, 6) is 0.405. The average Bonchev–Trinajstić information content (AvgIpc) is 1.99. The Bertz CT molecular complexity index is 402. The van der Waals surface area contributed by atoms with Gasteiger partial charge in [-0.05, 0) is 11.8 Å². The summed E-state index contributed by atoms with van der Waals surface area (Å²) in [4.78, 5) is 18.2. The summed E-state index contributed by atoms with van der Waals surface area (Å²) in [5.41, 5.74) is 0.160. The molecule has 0 saturated carbocycles. The molecule has 0 unspecified atom stereocenters. The number of aromatic amines is 1. The molecule has 0 aliphatic carbocycles. The number of hydrogen-bond acceptors (Lipinski definition) is 3. The molecule has 0 aromatic carbocycles.